The van der Waals surface area contributed by atoms with E-state index in [9.17, 15) is 9.59 Å². The minimum atomic E-state index is -0.908. The van der Waals surface area contributed by atoms with Crippen LogP contribution in [0.5, 0.6) is 0 Å². The van der Waals surface area contributed by atoms with E-state index < -0.39 is 12.0 Å². The molecule has 4 N–H and O–H groups in total. The molecule has 0 saturated heterocycles. The van der Waals surface area contributed by atoms with E-state index in [1.807, 2.05) is 25.1 Å². The van der Waals surface area contributed by atoms with Gasteiger partial charge < -0.3 is 16.2 Å². The smallest absolute Gasteiger partial charge is 0.304 e. The average Bonchev–Trinajstić information content (AvgIpc) is 2.32. The number of carbonyl (C=O) groups is 2. The molecule has 5 nitrogen and oxygen atoms in total. The molecule has 0 radical (unpaired) electrons. The number of halogens is 1. The molecule has 19 heavy (non-hydrogen) atoms. The zero-order valence-corrected chi connectivity index (χ0v) is 12.2. The normalized spacial score (nSPS) is 11.9. The van der Waals surface area contributed by atoms with Gasteiger partial charge in [0.15, 0.2) is 0 Å². The van der Waals surface area contributed by atoms with Crippen molar-refractivity contribution in [2.24, 2.45) is 5.73 Å². The molecule has 1 aromatic carbocycles. The van der Waals surface area contributed by atoms with Crippen molar-refractivity contribution in [1.29, 1.82) is 0 Å². The molecule has 1 atom stereocenters. The van der Waals surface area contributed by atoms with Gasteiger partial charge in [-0.3, -0.25) is 9.59 Å². The van der Waals surface area contributed by atoms with Crippen molar-refractivity contribution < 1.29 is 14.7 Å². The summed E-state index contributed by atoms with van der Waals surface area (Å²) >= 11 is 3.08. The Hall–Kier alpha value is -1.40. The largest absolute Gasteiger partial charge is 0.481 e. The standard InChI is InChI=1S/C13H17BrN2O3/c1-8-2-3-11(16-12(17)7-14)5-9(8)4-10(15)6-13(18)19/h2-3,5,10H,4,6-7,15H2,1H3,(H,16,17)(H,18,19). The van der Waals surface area contributed by atoms with E-state index in [-0.39, 0.29) is 17.7 Å². The summed E-state index contributed by atoms with van der Waals surface area (Å²) in [5.74, 6) is -1.04. The lowest BCUT2D eigenvalue weighted by molar-refractivity contribution is -0.137. The van der Waals surface area contributed by atoms with Crippen molar-refractivity contribution in [3.8, 4) is 0 Å². The molecule has 1 amide bonds. The van der Waals surface area contributed by atoms with Crippen LogP contribution in [0.2, 0.25) is 0 Å². The number of carboxylic acid groups (broad SMARTS) is 1. The molecule has 104 valence electrons. The maximum Gasteiger partial charge on any atom is 0.304 e. The maximum absolute atomic E-state index is 11.3. The molecule has 0 aliphatic rings. The Morgan fingerprint density at radius 3 is 2.74 bits per heavy atom. The van der Waals surface area contributed by atoms with E-state index in [1.165, 1.54) is 0 Å². The van der Waals surface area contributed by atoms with Crippen molar-refractivity contribution in [3.63, 3.8) is 0 Å². The van der Waals surface area contributed by atoms with Crippen LogP contribution >= 0.6 is 15.9 Å². The van der Waals surface area contributed by atoms with Gasteiger partial charge in [0.2, 0.25) is 5.91 Å². The number of benzene rings is 1. The summed E-state index contributed by atoms with van der Waals surface area (Å²) < 4.78 is 0. The van der Waals surface area contributed by atoms with E-state index in [1.54, 1.807) is 0 Å². The molecule has 1 rings (SSSR count). The average molecular weight is 329 g/mol. The highest BCUT2D eigenvalue weighted by atomic mass is 79.9. The lowest BCUT2D eigenvalue weighted by Gasteiger charge is -2.13. The van der Waals surface area contributed by atoms with Gasteiger partial charge in [-0.25, -0.2) is 0 Å². The number of aryl methyl sites for hydroxylation is 1. The molecule has 0 aromatic heterocycles. The number of nitrogens with two attached hydrogens (primary N) is 1. The Kier molecular flexibility index (Phi) is 5.98. The van der Waals surface area contributed by atoms with Crippen molar-refractivity contribution in [2.45, 2.75) is 25.8 Å². The molecule has 1 aromatic rings. The summed E-state index contributed by atoms with van der Waals surface area (Å²) in [6, 6.07) is 5.09. The molecule has 0 fully saturated rings. The molecule has 6 heteroatoms. The third-order valence-electron chi connectivity index (χ3n) is 2.67. The highest BCUT2D eigenvalue weighted by molar-refractivity contribution is 9.09. The molecule has 0 aliphatic carbocycles. The first-order valence-corrected chi connectivity index (χ1v) is 6.97. The van der Waals surface area contributed by atoms with Crippen molar-refractivity contribution in [2.75, 3.05) is 10.6 Å². The summed E-state index contributed by atoms with van der Waals surface area (Å²) in [5.41, 5.74) is 8.44. The predicted molar refractivity (Wildman–Crippen MR) is 77.5 cm³/mol. The van der Waals surface area contributed by atoms with Gasteiger partial charge in [-0.1, -0.05) is 22.0 Å². The second-order valence-corrected chi connectivity index (χ2v) is 4.95. The first-order chi connectivity index (χ1) is 8.92. The summed E-state index contributed by atoms with van der Waals surface area (Å²) in [4.78, 5) is 21.9. The SMILES string of the molecule is Cc1ccc(NC(=O)CBr)cc1CC(N)CC(=O)O. The number of anilines is 1. The number of hydrogen-bond donors (Lipinski definition) is 3. The second kappa shape index (κ2) is 7.25. The predicted octanol–water partition coefficient (Wildman–Crippen LogP) is 1.67. The Balaban J connectivity index is 2.79. The minimum Gasteiger partial charge on any atom is -0.481 e. The molecule has 0 bridgehead atoms. The van der Waals surface area contributed by atoms with Crippen LogP contribution < -0.4 is 11.1 Å². The topological polar surface area (TPSA) is 92.4 Å². The Bertz CT molecular complexity index is 477. The van der Waals surface area contributed by atoms with E-state index in [0.29, 0.717) is 12.1 Å². The first kappa shape index (κ1) is 15.7. The first-order valence-electron chi connectivity index (χ1n) is 5.85. The number of nitrogens with one attached hydrogen (secondary N) is 1. The Morgan fingerprint density at radius 1 is 1.47 bits per heavy atom. The summed E-state index contributed by atoms with van der Waals surface area (Å²) in [6.07, 6.45) is 0.396. The fraction of sp³-hybridized carbons (Fsp3) is 0.385. The molecule has 0 aliphatic heterocycles. The number of carbonyl (C=O) groups excluding carboxylic acids is 1. The third-order valence-corrected chi connectivity index (χ3v) is 3.18. The molecule has 0 spiro atoms. The number of alkyl halides is 1. The number of aliphatic carboxylic acids is 1. The van der Waals surface area contributed by atoms with Crippen LogP contribution in [0.1, 0.15) is 17.5 Å². The van der Waals surface area contributed by atoms with Crippen molar-refractivity contribution in [1.82, 2.24) is 0 Å². The maximum atomic E-state index is 11.3. The van der Waals surface area contributed by atoms with Crippen LogP contribution in [-0.2, 0) is 16.0 Å². The third kappa shape index (κ3) is 5.40. The van der Waals surface area contributed by atoms with Crippen molar-refractivity contribution >= 4 is 33.5 Å². The molecular formula is C13H17BrN2O3. The van der Waals surface area contributed by atoms with Gasteiger partial charge in [-0.05, 0) is 36.6 Å². The van der Waals surface area contributed by atoms with Crippen LogP contribution in [0, 0.1) is 6.92 Å². The van der Waals surface area contributed by atoms with Gasteiger partial charge in [0.05, 0.1) is 11.8 Å². The molecule has 1 unspecified atom stereocenters. The van der Waals surface area contributed by atoms with Gasteiger partial charge in [0, 0.05) is 11.7 Å². The second-order valence-electron chi connectivity index (χ2n) is 4.39. The van der Waals surface area contributed by atoms with Gasteiger partial charge in [0.25, 0.3) is 0 Å². The fourth-order valence-electron chi connectivity index (χ4n) is 1.74. The van der Waals surface area contributed by atoms with E-state index in [0.717, 1.165) is 11.1 Å². The van der Waals surface area contributed by atoms with Gasteiger partial charge in [0.1, 0.15) is 0 Å². The van der Waals surface area contributed by atoms with Gasteiger partial charge >= 0.3 is 5.97 Å². The lowest BCUT2D eigenvalue weighted by Crippen LogP contribution is -2.26. The number of amides is 1. The summed E-state index contributed by atoms with van der Waals surface area (Å²) in [6.45, 7) is 1.93. The van der Waals surface area contributed by atoms with Crippen molar-refractivity contribution in [3.05, 3.63) is 29.3 Å². The molecule has 0 heterocycles. The Labute approximate surface area is 120 Å². The van der Waals surface area contributed by atoms with Gasteiger partial charge in [-0.15, -0.1) is 0 Å². The van der Waals surface area contributed by atoms with Crippen LogP contribution in [0.3, 0.4) is 0 Å². The highest BCUT2D eigenvalue weighted by Crippen LogP contribution is 2.17. The number of rotatable bonds is 6. The van der Waals surface area contributed by atoms with Crippen LogP contribution in [0.4, 0.5) is 5.69 Å². The minimum absolute atomic E-state index is 0.0720. The Morgan fingerprint density at radius 2 is 2.16 bits per heavy atom. The monoisotopic (exact) mass is 328 g/mol. The summed E-state index contributed by atoms with van der Waals surface area (Å²) in [5, 5.41) is 11.7. The zero-order chi connectivity index (χ0) is 14.4. The number of carboxylic acids is 1. The van der Waals surface area contributed by atoms with E-state index in [4.69, 9.17) is 10.8 Å². The fourth-order valence-corrected chi connectivity index (χ4v) is 1.88. The van der Waals surface area contributed by atoms with Gasteiger partial charge in [-0.2, -0.15) is 0 Å². The van der Waals surface area contributed by atoms with E-state index in [2.05, 4.69) is 21.2 Å². The zero-order valence-electron chi connectivity index (χ0n) is 10.6. The summed E-state index contributed by atoms with van der Waals surface area (Å²) in [7, 11) is 0. The molecular weight excluding hydrogens is 312 g/mol. The number of hydrogen-bond acceptors (Lipinski definition) is 3. The highest BCUT2D eigenvalue weighted by Gasteiger charge is 2.11. The van der Waals surface area contributed by atoms with E-state index >= 15 is 0 Å². The van der Waals surface area contributed by atoms with Crippen LogP contribution in [0.15, 0.2) is 18.2 Å². The lowest BCUT2D eigenvalue weighted by atomic mass is 9.99. The quantitative estimate of drug-likeness (QED) is 0.692. The van der Waals surface area contributed by atoms with Crippen LogP contribution in [-0.4, -0.2) is 28.4 Å². The van der Waals surface area contributed by atoms with Crippen LogP contribution in [0.25, 0.3) is 0 Å². The molecule has 0 saturated carbocycles.